The molecule has 0 bridgehead atoms. The molecule has 1 rings (SSSR count). The number of carbonyl (C=O) groups excluding carboxylic acids is 1. The Labute approximate surface area is 94.4 Å². The van der Waals surface area contributed by atoms with Gasteiger partial charge in [-0.1, -0.05) is 6.92 Å². The molecule has 6 heteroatoms. The molecule has 0 saturated heterocycles. The predicted octanol–water partition coefficient (Wildman–Crippen LogP) is -0.0293. The zero-order valence-electron chi connectivity index (χ0n) is 9.47. The minimum atomic E-state index is -0.581. The van der Waals surface area contributed by atoms with Gasteiger partial charge in [0.1, 0.15) is 5.82 Å². The van der Waals surface area contributed by atoms with E-state index in [9.17, 15) is 4.79 Å². The van der Waals surface area contributed by atoms with Crippen molar-refractivity contribution in [1.29, 1.82) is 0 Å². The molecule has 0 aliphatic heterocycles. The summed E-state index contributed by atoms with van der Waals surface area (Å²) < 4.78 is 0. The number of rotatable bonds is 5. The summed E-state index contributed by atoms with van der Waals surface area (Å²) in [6, 6.07) is 3.41. The molecule has 1 heterocycles. The number of hydrogen-bond donors (Lipinski definition) is 3. The average molecular weight is 223 g/mol. The van der Waals surface area contributed by atoms with Gasteiger partial charge in [-0.15, -0.1) is 10.2 Å². The van der Waals surface area contributed by atoms with Gasteiger partial charge in [0.25, 0.3) is 5.91 Å². The first-order valence-corrected chi connectivity index (χ1v) is 5.14. The smallest absolute Gasteiger partial charge is 0.269 e. The molecule has 0 fully saturated rings. The summed E-state index contributed by atoms with van der Waals surface area (Å²) in [4.78, 5) is 10.8. The molecule has 0 aromatic carbocycles. The normalized spacial score (nSPS) is 14.2. The first-order valence-electron chi connectivity index (χ1n) is 5.14. The highest BCUT2D eigenvalue weighted by molar-refractivity contribution is 5.90. The van der Waals surface area contributed by atoms with Gasteiger partial charge >= 0.3 is 0 Å². The third kappa shape index (κ3) is 3.16. The number of nitrogens with two attached hydrogens (primary N) is 2. The molecule has 1 aromatic rings. The van der Waals surface area contributed by atoms with Crippen LogP contribution in [-0.4, -0.2) is 28.7 Å². The van der Waals surface area contributed by atoms with Gasteiger partial charge in [-0.3, -0.25) is 4.79 Å². The molecule has 0 radical (unpaired) electrons. The number of anilines is 1. The van der Waals surface area contributed by atoms with Crippen LogP contribution in [0.25, 0.3) is 0 Å². The molecule has 2 atom stereocenters. The standard InChI is InChI=1S/C10H17N5O/c1-6(5-11)7(2)13-9-4-3-8(10(12)16)14-15-9/h3-4,6-7H,5,11H2,1-2H3,(H2,12,16)(H,13,15). The Morgan fingerprint density at radius 3 is 2.56 bits per heavy atom. The molecule has 88 valence electrons. The van der Waals surface area contributed by atoms with Crippen molar-refractivity contribution >= 4 is 11.7 Å². The van der Waals surface area contributed by atoms with E-state index in [4.69, 9.17) is 11.5 Å². The predicted molar refractivity (Wildman–Crippen MR) is 61.9 cm³/mol. The van der Waals surface area contributed by atoms with Gasteiger partial charge in [0.15, 0.2) is 5.69 Å². The monoisotopic (exact) mass is 223 g/mol. The molecule has 6 nitrogen and oxygen atoms in total. The number of amides is 1. The van der Waals surface area contributed by atoms with E-state index >= 15 is 0 Å². The summed E-state index contributed by atoms with van der Waals surface area (Å²) in [6.07, 6.45) is 0. The highest BCUT2D eigenvalue weighted by atomic mass is 16.1. The minimum Gasteiger partial charge on any atom is -0.366 e. The molecule has 0 saturated carbocycles. The Balaban J connectivity index is 2.65. The fourth-order valence-corrected chi connectivity index (χ4v) is 1.12. The van der Waals surface area contributed by atoms with Crippen molar-refractivity contribution in [3.63, 3.8) is 0 Å². The zero-order chi connectivity index (χ0) is 12.1. The number of nitrogens with one attached hydrogen (secondary N) is 1. The number of hydrogen-bond acceptors (Lipinski definition) is 5. The third-order valence-corrected chi connectivity index (χ3v) is 2.52. The Morgan fingerprint density at radius 2 is 2.12 bits per heavy atom. The molecule has 16 heavy (non-hydrogen) atoms. The molecular weight excluding hydrogens is 206 g/mol. The van der Waals surface area contributed by atoms with Gasteiger partial charge in [0, 0.05) is 6.04 Å². The largest absolute Gasteiger partial charge is 0.366 e. The lowest BCUT2D eigenvalue weighted by Crippen LogP contribution is -2.30. The topological polar surface area (TPSA) is 107 Å². The Bertz CT molecular complexity index is 351. The van der Waals surface area contributed by atoms with Gasteiger partial charge in [-0.25, -0.2) is 0 Å². The van der Waals surface area contributed by atoms with E-state index < -0.39 is 5.91 Å². The van der Waals surface area contributed by atoms with Crippen molar-refractivity contribution in [3.8, 4) is 0 Å². The first-order chi connectivity index (χ1) is 7.54. The fraction of sp³-hybridized carbons (Fsp3) is 0.500. The van der Waals surface area contributed by atoms with Gasteiger partial charge in [0.05, 0.1) is 0 Å². The lowest BCUT2D eigenvalue weighted by molar-refractivity contribution is 0.0994. The SMILES string of the molecule is CC(CN)C(C)Nc1ccc(C(N)=O)nn1. The molecule has 0 spiro atoms. The van der Waals surface area contributed by atoms with E-state index in [1.54, 1.807) is 6.07 Å². The number of nitrogens with zero attached hydrogens (tertiary/aromatic N) is 2. The van der Waals surface area contributed by atoms with Gasteiger partial charge in [-0.2, -0.15) is 0 Å². The van der Waals surface area contributed by atoms with Gasteiger partial charge in [0.2, 0.25) is 0 Å². The maximum Gasteiger partial charge on any atom is 0.269 e. The Morgan fingerprint density at radius 1 is 1.44 bits per heavy atom. The highest BCUT2D eigenvalue weighted by Crippen LogP contribution is 2.08. The minimum absolute atomic E-state index is 0.157. The number of carbonyl (C=O) groups is 1. The van der Waals surface area contributed by atoms with Crippen LogP contribution in [0.3, 0.4) is 0 Å². The molecule has 1 amide bonds. The first kappa shape index (κ1) is 12.4. The van der Waals surface area contributed by atoms with E-state index in [-0.39, 0.29) is 11.7 Å². The second kappa shape index (κ2) is 5.41. The van der Waals surface area contributed by atoms with Gasteiger partial charge in [-0.05, 0) is 31.5 Å². The summed E-state index contributed by atoms with van der Waals surface area (Å²) in [7, 11) is 0. The van der Waals surface area contributed by atoms with Crippen LogP contribution in [0.2, 0.25) is 0 Å². The van der Waals surface area contributed by atoms with Crippen LogP contribution in [0.4, 0.5) is 5.82 Å². The Hall–Kier alpha value is -1.69. The van der Waals surface area contributed by atoms with E-state index in [0.717, 1.165) is 0 Å². The fourth-order valence-electron chi connectivity index (χ4n) is 1.12. The lowest BCUT2D eigenvalue weighted by Gasteiger charge is -2.19. The van der Waals surface area contributed by atoms with E-state index in [0.29, 0.717) is 18.3 Å². The number of aromatic nitrogens is 2. The van der Waals surface area contributed by atoms with Crippen molar-refractivity contribution in [2.45, 2.75) is 19.9 Å². The summed E-state index contributed by atoms with van der Waals surface area (Å²) >= 11 is 0. The van der Waals surface area contributed by atoms with E-state index in [1.807, 2.05) is 13.8 Å². The van der Waals surface area contributed by atoms with Crippen molar-refractivity contribution in [3.05, 3.63) is 17.8 Å². The lowest BCUT2D eigenvalue weighted by atomic mass is 10.0. The Kier molecular flexibility index (Phi) is 4.19. The molecule has 2 unspecified atom stereocenters. The maximum atomic E-state index is 10.8. The molecule has 5 N–H and O–H groups in total. The van der Waals surface area contributed by atoms with Crippen LogP contribution in [0, 0.1) is 5.92 Å². The molecule has 0 aliphatic rings. The summed E-state index contributed by atoms with van der Waals surface area (Å²) in [5.41, 5.74) is 10.8. The second-order valence-corrected chi connectivity index (χ2v) is 3.81. The van der Waals surface area contributed by atoms with Crippen LogP contribution < -0.4 is 16.8 Å². The van der Waals surface area contributed by atoms with Gasteiger partial charge < -0.3 is 16.8 Å². The summed E-state index contributed by atoms with van der Waals surface area (Å²) in [6.45, 7) is 4.66. The highest BCUT2D eigenvalue weighted by Gasteiger charge is 2.11. The summed E-state index contributed by atoms with van der Waals surface area (Å²) in [5.74, 6) is 0.359. The molecule has 0 aliphatic carbocycles. The van der Waals surface area contributed by atoms with Crippen LogP contribution in [-0.2, 0) is 0 Å². The van der Waals surface area contributed by atoms with E-state index in [1.165, 1.54) is 6.07 Å². The van der Waals surface area contributed by atoms with Crippen LogP contribution in [0.1, 0.15) is 24.3 Å². The zero-order valence-corrected chi connectivity index (χ0v) is 9.47. The van der Waals surface area contributed by atoms with Crippen molar-refractivity contribution in [2.75, 3.05) is 11.9 Å². The average Bonchev–Trinajstić information content (AvgIpc) is 2.28. The van der Waals surface area contributed by atoms with Crippen molar-refractivity contribution < 1.29 is 4.79 Å². The van der Waals surface area contributed by atoms with Crippen LogP contribution in [0.5, 0.6) is 0 Å². The van der Waals surface area contributed by atoms with Crippen LogP contribution >= 0.6 is 0 Å². The molecular formula is C10H17N5O. The maximum absolute atomic E-state index is 10.8. The summed E-state index contributed by atoms with van der Waals surface area (Å²) in [5, 5.41) is 10.7. The van der Waals surface area contributed by atoms with E-state index in [2.05, 4.69) is 15.5 Å². The number of primary amides is 1. The van der Waals surface area contributed by atoms with Crippen LogP contribution in [0.15, 0.2) is 12.1 Å². The third-order valence-electron chi connectivity index (χ3n) is 2.52. The van der Waals surface area contributed by atoms with Crippen molar-refractivity contribution in [2.24, 2.45) is 17.4 Å². The second-order valence-electron chi connectivity index (χ2n) is 3.81. The quantitative estimate of drug-likeness (QED) is 0.649. The molecule has 1 aromatic heterocycles. The van der Waals surface area contributed by atoms with Crippen molar-refractivity contribution in [1.82, 2.24) is 10.2 Å².